The van der Waals surface area contributed by atoms with Crippen molar-refractivity contribution in [2.24, 2.45) is 5.14 Å². The van der Waals surface area contributed by atoms with Crippen molar-refractivity contribution in [3.63, 3.8) is 0 Å². The number of hydrogen-bond acceptors (Lipinski definition) is 4. The van der Waals surface area contributed by atoms with Crippen LogP contribution < -0.4 is 15.6 Å². The van der Waals surface area contributed by atoms with E-state index in [0.29, 0.717) is 0 Å². The van der Waals surface area contributed by atoms with Crippen molar-refractivity contribution in [1.29, 1.82) is 0 Å². The molecule has 2 aromatic rings. The van der Waals surface area contributed by atoms with Crippen LogP contribution in [0.15, 0.2) is 41.3 Å². The summed E-state index contributed by atoms with van der Waals surface area (Å²) in [5.74, 6) is -0.460. The molecule has 0 atom stereocenters. The number of rotatable bonds is 3. The highest BCUT2D eigenvalue weighted by atomic mass is 35.5. The van der Waals surface area contributed by atoms with Crippen molar-refractivity contribution in [3.8, 4) is 11.5 Å². The first-order valence-corrected chi connectivity index (χ1v) is 7.25. The zero-order chi connectivity index (χ0) is 14.9. The number of primary sulfonamides is 1. The standard InChI is InChI=1S/C12H10ClFN2O3S/c13-9-6-8(2-3-10(9)14)19-11-4-1-7(15)5-12(11)20(16,17)18/h1-6H,15H2,(H2,16,17,18). The Labute approximate surface area is 120 Å². The Hall–Kier alpha value is -1.83. The maximum absolute atomic E-state index is 13.0. The van der Waals surface area contributed by atoms with Crippen LogP contribution in [0, 0.1) is 5.82 Å². The minimum Gasteiger partial charge on any atom is -0.456 e. The summed E-state index contributed by atoms with van der Waals surface area (Å²) in [5.41, 5.74) is 5.74. The van der Waals surface area contributed by atoms with Crippen LogP contribution in [0.3, 0.4) is 0 Å². The fraction of sp³-hybridized carbons (Fsp3) is 0. The highest BCUT2D eigenvalue weighted by Gasteiger charge is 2.16. The Morgan fingerprint density at radius 2 is 1.85 bits per heavy atom. The molecule has 0 saturated heterocycles. The molecule has 0 saturated carbocycles. The van der Waals surface area contributed by atoms with Gasteiger partial charge in [-0.05, 0) is 30.3 Å². The summed E-state index contributed by atoms with van der Waals surface area (Å²) in [5, 5.41) is 4.94. The summed E-state index contributed by atoms with van der Waals surface area (Å²) in [6, 6.07) is 7.62. The fourth-order valence-corrected chi connectivity index (χ4v) is 2.36. The molecule has 0 fully saturated rings. The van der Waals surface area contributed by atoms with Gasteiger partial charge in [-0.3, -0.25) is 0 Å². The molecule has 5 nitrogen and oxygen atoms in total. The van der Waals surface area contributed by atoms with Crippen LogP contribution in [-0.4, -0.2) is 8.42 Å². The van der Waals surface area contributed by atoms with Crippen LogP contribution >= 0.6 is 11.6 Å². The van der Waals surface area contributed by atoms with E-state index in [1.165, 1.54) is 30.3 Å². The Bertz CT molecular complexity index is 765. The Balaban J connectivity index is 2.46. The number of hydrogen-bond donors (Lipinski definition) is 2. The lowest BCUT2D eigenvalue weighted by Crippen LogP contribution is -2.13. The smallest absolute Gasteiger partial charge is 0.241 e. The van der Waals surface area contributed by atoms with E-state index in [0.717, 1.165) is 6.07 Å². The molecule has 0 radical (unpaired) electrons. The van der Waals surface area contributed by atoms with E-state index in [1.807, 2.05) is 0 Å². The van der Waals surface area contributed by atoms with Gasteiger partial charge < -0.3 is 10.5 Å². The second-order valence-corrected chi connectivity index (χ2v) is 5.87. The molecule has 4 N–H and O–H groups in total. The van der Waals surface area contributed by atoms with Crippen molar-refractivity contribution in [1.82, 2.24) is 0 Å². The lowest BCUT2D eigenvalue weighted by Gasteiger charge is -2.11. The van der Waals surface area contributed by atoms with Gasteiger partial charge in [0.05, 0.1) is 5.02 Å². The molecule has 20 heavy (non-hydrogen) atoms. The van der Waals surface area contributed by atoms with Crippen molar-refractivity contribution in [2.45, 2.75) is 4.90 Å². The van der Waals surface area contributed by atoms with E-state index in [4.69, 9.17) is 27.2 Å². The van der Waals surface area contributed by atoms with Gasteiger partial charge in [0.1, 0.15) is 22.2 Å². The average molecular weight is 317 g/mol. The van der Waals surface area contributed by atoms with E-state index < -0.39 is 15.8 Å². The third-order valence-corrected chi connectivity index (χ3v) is 3.61. The zero-order valence-corrected chi connectivity index (χ0v) is 11.6. The van der Waals surface area contributed by atoms with Gasteiger partial charge in [0.2, 0.25) is 10.0 Å². The molecule has 0 amide bonds. The highest BCUT2D eigenvalue weighted by Crippen LogP contribution is 2.31. The molecule has 0 aliphatic rings. The van der Waals surface area contributed by atoms with Gasteiger partial charge in [0, 0.05) is 11.8 Å². The molecule has 0 spiro atoms. The predicted molar refractivity (Wildman–Crippen MR) is 73.7 cm³/mol. The van der Waals surface area contributed by atoms with Crippen LogP contribution in [0.1, 0.15) is 0 Å². The van der Waals surface area contributed by atoms with Crippen LogP contribution in [0.5, 0.6) is 11.5 Å². The first kappa shape index (κ1) is 14.6. The maximum atomic E-state index is 13.0. The number of anilines is 1. The lowest BCUT2D eigenvalue weighted by molar-refractivity contribution is 0.466. The SMILES string of the molecule is Nc1ccc(Oc2ccc(F)c(Cl)c2)c(S(N)(=O)=O)c1. The molecule has 8 heteroatoms. The molecule has 106 valence electrons. The van der Waals surface area contributed by atoms with Gasteiger partial charge in [-0.25, -0.2) is 17.9 Å². The first-order chi connectivity index (χ1) is 9.27. The van der Waals surface area contributed by atoms with Gasteiger partial charge in [0.25, 0.3) is 0 Å². The number of halogens is 2. The second kappa shape index (κ2) is 5.28. The van der Waals surface area contributed by atoms with Crippen LogP contribution in [0.25, 0.3) is 0 Å². The normalized spacial score (nSPS) is 11.3. The highest BCUT2D eigenvalue weighted by molar-refractivity contribution is 7.89. The summed E-state index contributed by atoms with van der Waals surface area (Å²) >= 11 is 5.62. The zero-order valence-electron chi connectivity index (χ0n) is 10.0. The summed E-state index contributed by atoms with van der Waals surface area (Å²) in [6.45, 7) is 0. The van der Waals surface area contributed by atoms with Gasteiger partial charge in [-0.1, -0.05) is 11.6 Å². The molecule has 2 rings (SSSR count). The number of benzene rings is 2. The van der Waals surface area contributed by atoms with E-state index in [2.05, 4.69) is 0 Å². The van der Waals surface area contributed by atoms with Crippen molar-refractivity contribution in [3.05, 3.63) is 47.2 Å². The van der Waals surface area contributed by atoms with Gasteiger partial charge in [-0.15, -0.1) is 0 Å². The number of sulfonamides is 1. The topological polar surface area (TPSA) is 95.4 Å². The fourth-order valence-electron chi connectivity index (χ4n) is 1.50. The van der Waals surface area contributed by atoms with E-state index >= 15 is 0 Å². The third-order valence-electron chi connectivity index (χ3n) is 2.39. The molecular weight excluding hydrogens is 307 g/mol. The Morgan fingerprint density at radius 1 is 1.15 bits per heavy atom. The monoisotopic (exact) mass is 316 g/mol. The Kier molecular flexibility index (Phi) is 3.85. The van der Waals surface area contributed by atoms with Gasteiger partial charge >= 0.3 is 0 Å². The molecule has 0 bridgehead atoms. The quantitative estimate of drug-likeness (QED) is 0.850. The average Bonchev–Trinajstić information content (AvgIpc) is 2.35. The van der Waals surface area contributed by atoms with E-state index in [-0.39, 0.29) is 27.1 Å². The summed E-state index contributed by atoms with van der Waals surface area (Å²) < 4.78 is 41.3. The van der Waals surface area contributed by atoms with Crippen molar-refractivity contribution < 1.29 is 17.5 Å². The molecule has 0 aromatic heterocycles. The largest absolute Gasteiger partial charge is 0.456 e. The van der Waals surface area contributed by atoms with Gasteiger partial charge in [0.15, 0.2) is 0 Å². The molecule has 2 aromatic carbocycles. The van der Waals surface area contributed by atoms with Crippen molar-refractivity contribution in [2.75, 3.05) is 5.73 Å². The van der Waals surface area contributed by atoms with E-state index in [9.17, 15) is 12.8 Å². The summed E-state index contributed by atoms with van der Waals surface area (Å²) in [7, 11) is -4.01. The molecular formula is C12H10ClFN2O3S. The lowest BCUT2D eigenvalue weighted by atomic mass is 10.3. The second-order valence-electron chi connectivity index (χ2n) is 3.93. The van der Waals surface area contributed by atoms with Crippen LogP contribution in [0.4, 0.5) is 10.1 Å². The Morgan fingerprint density at radius 3 is 2.45 bits per heavy atom. The number of nitrogens with two attached hydrogens (primary N) is 2. The van der Waals surface area contributed by atoms with Crippen LogP contribution in [-0.2, 0) is 10.0 Å². The van der Waals surface area contributed by atoms with Crippen LogP contribution in [0.2, 0.25) is 5.02 Å². The minimum atomic E-state index is -4.01. The summed E-state index contributed by atoms with van der Waals surface area (Å²) in [6.07, 6.45) is 0. The predicted octanol–water partition coefficient (Wildman–Crippen LogP) is 2.50. The van der Waals surface area contributed by atoms with Crippen molar-refractivity contribution >= 4 is 27.3 Å². The number of nitrogen functional groups attached to an aromatic ring is 1. The third kappa shape index (κ3) is 3.19. The van der Waals surface area contributed by atoms with E-state index in [1.54, 1.807) is 0 Å². The minimum absolute atomic E-state index is 0.0237. The molecule has 0 unspecified atom stereocenters. The molecule has 0 aliphatic carbocycles. The molecule has 0 aliphatic heterocycles. The summed E-state index contributed by atoms with van der Waals surface area (Å²) in [4.78, 5) is -0.266. The first-order valence-electron chi connectivity index (χ1n) is 5.32. The molecule has 0 heterocycles. The number of ether oxygens (including phenoxy) is 1. The maximum Gasteiger partial charge on any atom is 0.241 e. The van der Waals surface area contributed by atoms with Gasteiger partial charge in [-0.2, -0.15) is 0 Å².